The first-order chi connectivity index (χ1) is 16.6. The molecule has 4 aromatic rings. The molecule has 10 nitrogen and oxygen atoms in total. The predicted octanol–water partition coefficient (Wildman–Crippen LogP) is 3.20. The molecule has 173 valence electrons. The van der Waals surface area contributed by atoms with Gasteiger partial charge in [0.1, 0.15) is 0 Å². The topological polar surface area (TPSA) is 139 Å². The quantitative estimate of drug-likeness (QED) is 0.305. The van der Waals surface area contributed by atoms with Crippen molar-refractivity contribution >= 4 is 40.1 Å². The van der Waals surface area contributed by atoms with Crippen LogP contribution in [0.1, 0.15) is 29.9 Å². The van der Waals surface area contributed by atoms with Crippen molar-refractivity contribution in [1.82, 2.24) is 24.5 Å². The molecule has 0 aliphatic rings. The molecule has 1 aromatic carbocycles. The van der Waals surface area contributed by atoms with E-state index < -0.39 is 17.4 Å². The van der Waals surface area contributed by atoms with Crippen molar-refractivity contribution in [3.63, 3.8) is 0 Å². The Morgan fingerprint density at radius 3 is 2.74 bits per heavy atom. The van der Waals surface area contributed by atoms with Gasteiger partial charge in [-0.25, -0.2) is 0 Å². The standard InChI is InChI=1S/C22H18ClFN9O.Hg/c1-10-14(24)8-28-9-16(10)33-20(30-15-6-4-5-13(23)17(15)21(33)34)11(2)29-19-12(7-25)18(27-3)31-22(26)32-19;/h4-6,8-9,11H,1-3H3,(H3-,26,27,29,31,32);/q-1;+1/t11-;/m0./s1. The van der Waals surface area contributed by atoms with Gasteiger partial charge < -0.3 is 0 Å². The van der Waals surface area contributed by atoms with E-state index in [0.29, 0.717) is 11.3 Å². The Bertz CT molecular complexity index is 1570. The molecule has 4 rings (SSSR count). The third kappa shape index (κ3) is 4.51. The Morgan fingerprint density at radius 2 is 2.06 bits per heavy atom. The predicted molar refractivity (Wildman–Crippen MR) is 126 cm³/mol. The van der Waals surface area contributed by atoms with Gasteiger partial charge in [0.05, 0.1) is 0 Å². The van der Waals surface area contributed by atoms with Crippen LogP contribution in [0.2, 0.25) is 5.02 Å². The molecule has 0 radical (unpaired) electrons. The van der Waals surface area contributed by atoms with Gasteiger partial charge >= 0.3 is 222 Å². The maximum absolute atomic E-state index is 14.4. The summed E-state index contributed by atoms with van der Waals surface area (Å²) in [4.78, 5) is 30.7. The molecule has 0 fully saturated rings. The Balaban J connectivity index is 1.97. The number of fused-ring (bicyclic) bond motifs is 1. The first kappa shape index (κ1) is 24.7. The number of anilines is 3. The normalized spacial score (nSPS) is 11.8. The van der Waals surface area contributed by atoms with E-state index in [9.17, 15) is 14.4 Å². The van der Waals surface area contributed by atoms with Crippen molar-refractivity contribution in [1.29, 1.82) is 5.26 Å². The van der Waals surface area contributed by atoms with Crippen molar-refractivity contribution in [3.8, 4) is 11.8 Å². The summed E-state index contributed by atoms with van der Waals surface area (Å²) in [5.74, 6) is 0.273. The summed E-state index contributed by atoms with van der Waals surface area (Å²) in [7, 11) is 1.81. The number of benzene rings is 1. The summed E-state index contributed by atoms with van der Waals surface area (Å²) in [6.45, 7) is 3.29. The molecule has 1 atom stereocenters. The molecule has 0 amide bonds. The van der Waals surface area contributed by atoms with Crippen molar-refractivity contribution < 1.29 is 30.8 Å². The number of nitrogens with one attached hydrogen (secondary N) is 1. The molecule has 0 unspecified atom stereocenters. The molecule has 35 heavy (non-hydrogen) atoms. The molecule has 0 saturated heterocycles. The number of halogens is 2. The first-order valence-electron chi connectivity index (χ1n) is 10.3. The Kier molecular flexibility index (Phi) is 6.87. The number of nitrogen functional groups attached to an aromatic ring is 1. The average molecular weight is 679 g/mol. The third-order valence-electron chi connectivity index (χ3n) is 5.36. The molecule has 0 aliphatic heterocycles. The van der Waals surface area contributed by atoms with Crippen LogP contribution in [0.4, 0.5) is 22.0 Å². The van der Waals surface area contributed by atoms with Gasteiger partial charge in [-0.3, -0.25) is 0 Å². The Labute approximate surface area is 221 Å². The van der Waals surface area contributed by atoms with Crippen molar-refractivity contribution in [2.45, 2.75) is 19.9 Å². The zero-order valence-electron chi connectivity index (χ0n) is 19.0. The average Bonchev–Trinajstić information content (AvgIpc) is 2.80. The number of nitriles is 1. The molecule has 3 heterocycles. The third-order valence-corrected chi connectivity index (χ3v) is 6.84. The molecule has 13 heteroatoms. The number of aromatic nitrogens is 5. The van der Waals surface area contributed by atoms with Gasteiger partial charge in [0.2, 0.25) is 0 Å². The second kappa shape index (κ2) is 9.71. The van der Waals surface area contributed by atoms with Gasteiger partial charge in [0, 0.05) is 0 Å². The fourth-order valence-corrected chi connectivity index (χ4v) is 4.80. The molecule has 0 bridgehead atoms. The minimum atomic E-state index is -0.674. The number of hydrogen-bond donors (Lipinski definition) is 2. The van der Waals surface area contributed by atoms with Gasteiger partial charge in [-0.2, -0.15) is 0 Å². The van der Waals surface area contributed by atoms with Gasteiger partial charge in [-0.05, 0) is 0 Å². The Morgan fingerprint density at radius 1 is 1.31 bits per heavy atom. The van der Waals surface area contributed by atoms with Crippen LogP contribution >= 0.6 is 11.6 Å². The summed E-state index contributed by atoms with van der Waals surface area (Å²) >= 11 is 6.47. The molecular formula is C22H18ClFHgN9O. The van der Waals surface area contributed by atoms with E-state index in [4.69, 9.17) is 17.3 Å². The second-order valence-corrected chi connectivity index (χ2v) is 11.9. The van der Waals surface area contributed by atoms with Gasteiger partial charge in [-0.15, -0.1) is 0 Å². The fourth-order valence-electron chi connectivity index (χ4n) is 3.66. The van der Waals surface area contributed by atoms with E-state index in [1.165, 1.54) is 10.8 Å². The van der Waals surface area contributed by atoms with Gasteiger partial charge in [0.15, 0.2) is 0 Å². The van der Waals surface area contributed by atoms with Crippen LogP contribution in [-0.2, 0) is 26.4 Å². The SMILES string of the molecule is Cc1c(F)cncc1-n1c([C@H](C)Nc2nc(N)nc([N](C)[Hg])c2C#N)nc2cccc(Cl)c2c1=O. The first-order valence-corrected chi connectivity index (χ1v) is 13.2. The molecule has 0 saturated carbocycles. The molecular weight excluding hydrogens is 661 g/mol. The van der Waals surface area contributed by atoms with Crippen molar-refractivity contribution in [2.75, 3.05) is 20.8 Å². The maximum atomic E-state index is 14.4. The zero-order chi connectivity index (χ0) is 25.4. The van der Waals surface area contributed by atoms with E-state index in [2.05, 4.69) is 31.3 Å². The zero-order valence-corrected chi connectivity index (χ0v) is 25.3. The summed E-state index contributed by atoms with van der Waals surface area (Å²) < 4.78 is 17.5. The fraction of sp³-hybridized carbons (Fsp3) is 0.182. The van der Waals surface area contributed by atoms with E-state index in [1.54, 1.807) is 32.0 Å². The van der Waals surface area contributed by atoms with Crippen LogP contribution in [0.25, 0.3) is 16.6 Å². The minimum absolute atomic E-state index is 0.00758. The van der Waals surface area contributed by atoms with E-state index in [-0.39, 0.29) is 71.2 Å². The molecule has 3 aromatic heterocycles. The number of hydrogen-bond acceptors (Lipinski definition) is 9. The van der Waals surface area contributed by atoms with Crippen LogP contribution in [0.15, 0.2) is 35.4 Å². The van der Waals surface area contributed by atoms with E-state index in [0.717, 1.165) is 6.20 Å². The molecule has 0 spiro atoms. The van der Waals surface area contributed by atoms with Crippen LogP contribution < -0.4 is 19.3 Å². The van der Waals surface area contributed by atoms with Crippen LogP contribution in [0.5, 0.6) is 0 Å². The summed E-state index contributed by atoms with van der Waals surface area (Å²) in [6, 6.07) is 6.39. The van der Waals surface area contributed by atoms with E-state index in [1.807, 2.05) is 9.71 Å². The van der Waals surface area contributed by atoms with Crippen molar-refractivity contribution in [3.05, 3.63) is 68.7 Å². The number of pyridine rings is 1. The Hall–Kier alpha value is -3.36. The van der Waals surface area contributed by atoms with Crippen LogP contribution in [-0.4, -0.2) is 31.6 Å². The second-order valence-electron chi connectivity index (χ2n) is 7.81. The summed E-state index contributed by atoms with van der Waals surface area (Å²) in [6.07, 6.45) is 2.46. The van der Waals surface area contributed by atoms with Crippen molar-refractivity contribution in [2.24, 2.45) is 0 Å². The number of rotatable bonds is 5. The summed E-state index contributed by atoms with van der Waals surface area (Å²) in [5.41, 5.74) is 6.43. The van der Waals surface area contributed by atoms with E-state index >= 15 is 0 Å². The number of nitrogens with two attached hydrogens (primary N) is 1. The van der Waals surface area contributed by atoms with Crippen LogP contribution in [0, 0.1) is 24.1 Å². The number of nitrogens with zero attached hydrogens (tertiary/aromatic N) is 7. The molecule has 3 N–H and O–H groups in total. The monoisotopic (exact) mass is 680 g/mol. The van der Waals surface area contributed by atoms with Crippen LogP contribution in [0.3, 0.4) is 0 Å². The summed E-state index contributed by atoms with van der Waals surface area (Å²) in [5, 5.41) is 13.3. The van der Waals surface area contributed by atoms with Gasteiger partial charge in [0.25, 0.3) is 0 Å². The van der Waals surface area contributed by atoms with Gasteiger partial charge in [-0.1, -0.05) is 0 Å². The molecule has 0 aliphatic carbocycles.